The summed E-state index contributed by atoms with van der Waals surface area (Å²) in [5, 5.41) is 4.15. The predicted octanol–water partition coefficient (Wildman–Crippen LogP) is 5.40. The predicted molar refractivity (Wildman–Crippen MR) is 111 cm³/mol. The number of esters is 1. The Hall–Kier alpha value is -2.66. The highest BCUT2D eigenvalue weighted by Gasteiger charge is 2.17. The van der Waals surface area contributed by atoms with Gasteiger partial charge < -0.3 is 10.1 Å². The molecule has 0 saturated carbocycles. The number of halogens is 1. The number of carbonyl (C=O) groups excluding carboxylic acids is 1. The lowest BCUT2D eigenvalue weighted by Crippen LogP contribution is -2.09. The van der Waals surface area contributed by atoms with Crippen LogP contribution in [0.5, 0.6) is 0 Å². The van der Waals surface area contributed by atoms with E-state index >= 15 is 0 Å². The third kappa shape index (κ3) is 4.55. The van der Waals surface area contributed by atoms with E-state index in [1.807, 2.05) is 31.2 Å². The van der Waals surface area contributed by atoms with Crippen molar-refractivity contribution >= 4 is 40.8 Å². The van der Waals surface area contributed by atoms with Gasteiger partial charge in [0, 0.05) is 23.0 Å². The third-order valence-electron chi connectivity index (χ3n) is 4.21. The number of rotatable bonds is 5. The molecule has 142 valence electrons. The van der Waals surface area contributed by atoms with Crippen molar-refractivity contribution in [2.45, 2.75) is 33.6 Å². The Bertz CT molecular complexity index is 940. The van der Waals surface area contributed by atoms with Crippen molar-refractivity contribution in [2.75, 3.05) is 11.9 Å². The Balaban J connectivity index is 0.00000261. The molecule has 0 radical (unpaired) electrons. The van der Waals surface area contributed by atoms with Gasteiger partial charge in [-0.3, -0.25) is 0 Å². The zero-order valence-electron chi connectivity index (χ0n) is 15.9. The molecule has 0 aliphatic carbocycles. The van der Waals surface area contributed by atoms with Gasteiger partial charge in [0.05, 0.1) is 12.3 Å². The van der Waals surface area contributed by atoms with E-state index < -0.39 is 5.97 Å². The lowest BCUT2D eigenvalue weighted by Gasteiger charge is -2.15. The van der Waals surface area contributed by atoms with Crippen LogP contribution in [0.4, 0.5) is 11.4 Å². The first-order chi connectivity index (χ1) is 12.5. The number of pyridine rings is 2. The molecule has 3 aromatic rings. The molecule has 0 amide bonds. The first kappa shape index (κ1) is 20.6. The van der Waals surface area contributed by atoms with Gasteiger partial charge in [-0.15, -0.1) is 12.4 Å². The van der Waals surface area contributed by atoms with Crippen molar-refractivity contribution < 1.29 is 9.53 Å². The molecule has 6 heteroatoms. The fourth-order valence-corrected chi connectivity index (χ4v) is 2.77. The molecule has 0 fully saturated rings. The maximum Gasteiger partial charge on any atom is 0.341 e. The maximum atomic E-state index is 12.4. The summed E-state index contributed by atoms with van der Waals surface area (Å²) in [5.41, 5.74) is 4.70. The zero-order valence-corrected chi connectivity index (χ0v) is 16.8. The number of hydrogen-bond donors (Lipinski definition) is 1. The summed E-state index contributed by atoms with van der Waals surface area (Å²) in [6, 6.07) is 12.0. The van der Waals surface area contributed by atoms with Crippen LogP contribution in [0.2, 0.25) is 0 Å². The molecule has 0 aliphatic rings. The number of aromatic nitrogens is 2. The number of aryl methyl sites for hydroxylation is 1. The van der Waals surface area contributed by atoms with Gasteiger partial charge in [0.15, 0.2) is 5.65 Å². The van der Waals surface area contributed by atoms with Crippen molar-refractivity contribution in [2.24, 2.45) is 0 Å². The van der Waals surface area contributed by atoms with Crippen molar-refractivity contribution in [3.8, 4) is 0 Å². The van der Waals surface area contributed by atoms with Crippen molar-refractivity contribution in [3.63, 3.8) is 0 Å². The van der Waals surface area contributed by atoms with E-state index in [0.29, 0.717) is 29.4 Å². The van der Waals surface area contributed by atoms with Gasteiger partial charge in [0.2, 0.25) is 0 Å². The second kappa shape index (κ2) is 8.82. The summed E-state index contributed by atoms with van der Waals surface area (Å²) in [6.07, 6.45) is 1.53. The summed E-state index contributed by atoms with van der Waals surface area (Å²) >= 11 is 0. The van der Waals surface area contributed by atoms with E-state index in [2.05, 4.69) is 41.3 Å². The van der Waals surface area contributed by atoms with E-state index in [4.69, 9.17) is 4.74 Å². The Morgan fingerprint density at radius 2 is 1.85 bits per heavy atom. The van der Waals surface area contributed by atoms with Crippen molar-refractivity contribution in [3.05, 3.63) is 59.4 Å². The second-order valence-electron chi connectivity index (χ2n) is 6.49. The van der Waals surface area contributed by atoms with Gasteiger partial charge in [-0.1, -0.05) is 26.0 Å². The first-order valence-electron chi connectivity index (χ1n) is 8.80. The van der Waals surface area contributed by atoms with E-state index in [1.165, 1.54) is 11.8 Å². The Kier molecular flexibility index (Phi) is 6.75. The number of fused-ring (bicyclic) bond motifs is 1. The van der Waals surface area contributed by atoms with Crippen LogP contribution in [0.25, 0.3) is 11.0 Å². The third-order valence-corrected chi connectivity index (χ3v) is 4.21. The van der Waals surface area contributed by atoms with Crippen molar-refractivity contribution in [1.82, 2.24) is 9.97 Å². The van der Waals surface area contributed by atoms with Gasteiger partial charge in [0.25, 0.3) is 0 Å². The lowest BCUT2D eigenvalue weighted by molar-refractivity contribution is 0.0527. The maximum absolute atomic E-state index is 12.4. The zero-order chi connectivity index (χ0) is 18.7. The first-order valence-corrected chi connectivity index (χ1v) is 8.80. The number of nitrogens with zero attached hydrogens (tertiary/aromatic N) is 2. The van der Waals surface area contributed by atoms with Crippen LogP contribution < -0.4 is 5.32 Å². The van der Waals surface area contributed by atoms with Gasteiger partial charge in [-0.05, 0) is 49.6 Å². The minimum atomic E-state index is -0.399. The monoisotopic (exact) mass is 385 g/mol. The van der Waals surface area contributed by atoms with E-state index in [-0.39, 0.29) is 12.4 Å². The van der Waals surface area contributed by atoms with E-state index in [9.17, 15) is 4.79 Å². The normalized spacial score (nSPS) is 10.6. The largest absolute Gasteiger partial charge is 0.462 e. The topological polar surface area (TPSA) is 64.1 Å². The molecule has 0 unspecified atom stereocenters. The lowest BCUT2D eigenvalue weighted by atomic mass is 10.0. The summed E-state index contributed by atoms with van der Waals surface area (Å²) in [5.74, 6) is 0.0665. The number of hydrogen-bond acceptors (Lipinski definition) is 5. The Morgan fingerprint density at radius 1 is 1.15 bits per heavy atom. The molecule has 0 spiro atoms. The molecule has 2 aromatic heterocycles. The van der Waals surface area contributed by atoms with Crippen LogP contribution >= 0.6 is 12.4 Å². The Labute approximate surface area is 165 Å². The van der Waals surface area contributed by atoms with Crippen molar-refractivity contribution in [1.29, 1.82) is 0 Å². The number of nitrogens with one attached hydrogen (secondary N) is 1. The van der Waals surface area contributed by atoms with Gasteiger partial charge in [0.1, 0.15) is 5.56 Å². The fourth-order valence-electron chi connectivity index (χ4n) is 2.77. The van der Waals surface area contributed by atoms with E-state index in [1.54, 1.807) is 6.92 Å². The van der Waals surface area contributed by atoms with Gasteiger partial charge in [-0.25, -0.2) is 14.8 Å². The van der Waals surface area contributed by atoms with Gasteiger partial charge >= 0.3 is 5.97 Å². The standard InChI is InChI=1S/C21H23N3O2.ClH/c1-5-26-21(25)18-12-22-20-17(11-6-14(4)23-20)19(18)24-16-9-7-15(8-10-16)13(2)3;/h6-13H,5H2,1-4H3,(H,22,23,24);1H. The molecule has 0 atom stereocenters. The number of carbonyl (C=O) groups is 1. The molecular weight excluding hydrogens is 362 g/mol. The van der Waals surface area contributed by atoms with Crippen LogP contribution in [0, 0.1) is 6.92 Å². The molecule has 0 bridgehead atoms. The number of anilines is 2. The molecular formula is C21H24ClN3O2. The summed E-state index contributed by atoms with van der Waals surface area (Å²) in [4.78, 5) is 21.2. The SMILES string of the molecule is CCOC(=O)c1cnc2nc(C)ccc2c1Nc1ccc(C(C)C)cc1.Cl. The quantitative estimate of drug-likeness (QED) is 0.595. The molecule has 0 aliphatic heterocycles. The highest BCUT2D eigenvalue weighted by atomic mass is 35.5. The Morgan fingerprint density at radius 3 is 2.48 bits per heavy atom. The molecule has 1 aromatic carbocycles. The molecule has 2 heterocycles. The highest BCUT2D eigenvalue weighted by molar-refractivity contribution is 6.05. The van der Waals surface area contributed by atoms with Gasteiger partial charge in [-0.2, -0.15) is 0 Å². The minimum Gasteiger partial charge on any atom is -0.462 e. The summed E-state index contributed by atoms with van der Waals surface area (Å²) in [6.45, 7) is 8.33. The number of ether oxygens (including phenoxy) is 1. The molecule has 5 nitrogen and oxygen atoms in total. The average molecular weight is 386 g/mol. The second-order valence-corrected chi connectivity index (χ2v) is 6.49. The van der Waals surface area contributed by atoms with Crippen LogP contribution in [0.1, 0.15) is 48.3 Å². The van der Waals surface area contributed by atoms with Crippen LogP contribution in [0.3, 0.4) is 0 Å². The summed E-state index contributed by atoms with van der Waals surface area (Å²) in [7, 11) is 0. The van der Waals surface area contributed by atoms with Crippen LogP contribution in [-0.4, -0.2) is 22.5 Å². The average Bonchev–Trinajstić information content (AvgIpc) is 2.62. The molecule has 1 N–H and O–H groups in total. The molecule has 27 heavy (non-hydrogen) atoms. The van der Waals surface area contributed by atoms with E-state index in [0.717, 1.165) is 16.8 Å². The number of benzene rings is 1. The van der Waals surface area contributed by atoms with Crippen LogP contribution in [-0.2, 0) is 4.74 Å². The smallest absolute Gasteiger partial charge is 0.341 e. The summed E-state index contributed by atoms with van der Waals surface area (Å²) < 4.78 is 5.19. The molecule has 0 saturated heterocycles. The fraction of sp³-hybridized carbons (Fsp3) is 0.286. The highest BCUT2D eigenvalue weighted by Crippen LogP contribution is 2.30. The molecule has 3 rings (SSSR count). The minimum absolute atomic E-state index is 0. The van der Waals surface area contributed by atoms with Crippen LogP contribution in [0.15, 0.2) is 42.6 Å².